The lowest BCUT2D eigenvalue weighted by Gasteiger charge is -2.32. The van der Waals surface area contributed by atoms with Crippen molar-refractivity contribution in [2.75, 3.05) is 0 Å². The fourth-order valence-electron chi connectivity index (χ4n) is 4.96. The van der Waals surface area contributed by atoms with Crippen molar-refractivity contribution in [3.05, 3.63) is 70.8 Å². The van der Waals surface area contributed by atoms with Crippen LogP contribution in [0.5, 0.6) is 0 Å². The van der Waals surface area contributed by atoms with E-state index in [4.69, 9.17) is 9.47 Å². The number of carbonyl (C=O) groups is 2. The number of carbonyl (C=O) groups excluding carboxylic acids is 2. The number of rotatable bonds is 15. The number of hydrogen-bond donors (Lipinski definition) is 0. The van der Waals surface area contributed by atoms with E-state index in [1.54, 1.807) is 0 Å². The monoisotopic (exact) mass is 508 g/mol. The molecule has 0 saturated heterocycles. The van der Waals surface area contributed by atoms with E-state index in [1.165, 1.54) is 11.1 Å². The lowest BCUT2D eigenvalue weighted by Crippen LogP contribution is -2.37. The Morgan fingerprint density at radius 3 is 1.24 bits per heavy atom. The third-order valence-electron chi connectivity index (χ3n) is 6.76. The van der Waals surface area contributed by atoms with Crippen LogP contribution in [0.1, 0.15) is 112 Å². The maximum absolute atomic E-state index is 13.1. The van der Waals surface area contributed by atoms with E-state index in [1.807, 2.05) is 48.5 Å². The minimum atomic E-state index is -0.310. The van der Waals surface area contributed by atoms with Crippen molar-refractivity contribution in [3.8, 4) is 0 Å². The summed E-state index contributed by atoms with van der Waals surface area (Å²) in [5.74, 6) is 0.445. The van der Waals surface area contributed by atoms with E-state index in [-0.39, 0.29) is 30.1 Å². The zero-order valence-electron chi connectivity index (χ0n) is 24.1. The van der Waals surface area contributed by atoms with Crippen molar-refractivity contribution in [2.24, 2.45) is 17.8 Å². The standard InChI is InChI=1S/C33H48O4/c1-8-11-30(36-32(34)27-17-13-25(14-18-27)21-23(4)5)29(10-3)31(12-9-2)37-33(35)28-19-15-26(16-20-28)22-24(6)7/h13-20,23-24,29-31H,8-12,21-22H2,1-7H3. The lowest BCUT2D eigenvalue weighted by atomic mass is 9.87. The molecule has 2 aromatic rings. The topological polar surface area (TPSA) is 52.6 Å². The Morgan fingerprint density at radius 2 is 0.973 bits per heavy atom. The minimum absolute atomic E-state index is 0.0618. The van der Waals surface area contributed by atoms with Gasteiger partial charge in [0.05, 0.1) is 11.1 Å². The molecule has 2 atom stereocenters. The van der Waals surface area contributed by atoms with Gasteiger partial charge in [0.25, 0.3) is 0 Å². The van der Waals surface area contributed by atoms with Crippen molar-refractivity contribution in [3.63, 3.8) is 0 Å². The van der Waals surface area contributed by atoms with Gasteiger partial charge in [0.15, 0.2) is 0 Å². The first-order valence-electron chi connectivity index (χ1n) is 14.3. The zero-order chi connectivity index (χ0) is 27.4. The molecule has 2 rings (SSSR count). The molecule has 4 nitrogen and oxygen atoms in total. The normalized spacial score (nSPS) is 13.9. The fraction of sp³-hybridized carbons (Fsp3) is 0.576. The molecule has 0 aliphatic heterocycles. The molecular formula is C33H48O4. The van der Waals surface area contributed by atoms with Crippen LogP contribution in [0.2, 0.25) is 0 Å². The van der Waals surface area contributed by atoms with E-state index >= 15 is 0 Å². The Hall–Kier alpha value is -2.62. The number of ether oxygens (including phenoxy) is 2. The third-order valence-corrected chi connectivity index (χ3v) is 6.76. The molecule has 0 spiro atoms. The Kier molecular flexibility index (Phi) is 12.9. The van der Waals surface area contributed by atoms with Crippen LogP contribution in [-0.4, -0.2) is 24.1 Å². The molecule has 2 unspecified atom stereocenters. The van der Waals surface area contributed by atoms with Crippen LogP contribution in [0.4, 0.5) is 0 Å². The summed E-state index contributed by atoms with van der Waals surface area (Å²) in [5.41, 5.74) is 3.56. The number of hydrogen-bond acceptors (Lipinski definition) is 4. The highest BCUT2D eigenvalue weighted by Gasteiger charge is 2.33. The Morgan fingerprint density at radius 1 is 0.622 bits per heavy atom. The van der Waals surface area contributed by atoms with Crippen LogP contribution in [0, 0.1) is 17.8 Å². The summed E-state index contributed by atoms with van der Waals surface area (Å²) in [4.78, 5) is 26.2. The first kappa shape index (κ1) is 30.6. The van der Waals surface area contributed by atoms with Gasteiger partial charge in [-0.2, -0.15) is 0 Å². The summed E-state index contributed by atoms with van der Waals surface area (Å²) in [7, 11) is 0. The molecule has 2 aromatic carbocycles. The quantitative estimate of drug-likeness (QED) is 0.226. The lowest BCUT2D eigenvalue weighted by molar-refractivity contribution is -0.0391. The van der Waals surface area contributed by atoms with E-state index in [2.05, 4.69) is 48.5 Å². The summed E-state index contributed by atoms with van der Waals surface area (Å²) < 4.78 is 12.2. The van der Waals surface area contributed by atoms with Crippen molar-refractivity contribution in [1.29, 1.82) is 0 Å². The maximum Gasteiger partial charge on any atom is 0.338 e. The number of esters is 2. The predicted octanol–water partition coefficient (Wildman–Crippen LogP) is 8.46. The van der Waals surface area contributed by atoms with Crippen LogP contribution >= 0.6 is 0 Å². The van der Waals surface area contributed by atoms with E-state index in [0.717, 1.165) is 44.9 Å². The average Bonchev–Trinajstić information content (AvgIpc) is 2.84. The predicted molar refractivity (Wildman–Crippen MR) is 152 cm³/mol. The van der Waals surface area contributed by atoms with Gasteiger partial charge in [0.2, 0.25) is 0 Å². The van der Waals surface area contributed by atoms with E-state index in [9.17, 15) is 9.59 Å². The summed E-state index contributed by atoms with van der Waals surface area (Å²) in [5, 5.41) is 0. The molecule has 0 radical (unpaired) electrons. The van der Waals surface area contributed by atoms with Gasteiger partial charge in [-0.25, -0.2) is 9.59 Å². The maximum atomic E-state index is 13.1. The molecule has 0 saturated carbocycles. The van der Waals surface area contributed by atoms with Crippen molar-refractivity contribution < 1.29 is 19.1 Å². The van der Waals surface area contributed by atoms with Gasteiger partial charge in [0.1, 0.15) is 12.2 Å². The molecule has 0 bridgehead atoms. The second-order valence-corrected chi connectivity index (χ2v) is 11.1. The van der Waals surface area contributed by atoms with Crippen LogP contribution in [0.3, 0.4) is 0 Å². The van der Waals surface area contributed by atoms with Crippen LogP contribution in [-0.2, 0) is 22.3 Å². The Labute approximate surface area is 225 Å². The molecule has 0 aromatic heterocycles. The minimum Gasteiger partial charge on any atom is -0.458 e. The smallest absolute Gasteiger partial charge is 0.338 e. The Bertz CT molecular complexity index is 866. The molecule has 0 N–H and O–H groups in total. The van der Waals surface area contributed by atoms with Crippen molar-refractivity contribution in [2.45, 2.75) is 106 Å². The van der Waals surface area contributed by atoms with E-state index in [0.29, 0.717) is 23.0 Å². The van der Waals surface area contributed by atoms with Gasteiger partial charge in [0, 0.05) is 5.92 Å². The fourth-order valence-corrected chi connectivity index (χ4v) is 4.96. The molecule has 0 heterocycles. The van der Waals surface area contributed by atoms with Gasteiger partial charge in [-0.05, 0) is 79.3 Å². The second kappa shape index (κ2) is 15.6. The largest absolute Gasteiger partial charge is 0.458 e. The summed E-state index contributed by atoms with van der Waals surface area (Å²) in [6.07, 6.45) is 5.33. The van der Waals surface area contributed by atoms with Gasteiger partial charge in [-0.1, -0.05) is 85.6 Å². The Balaban J connectivity index is 2.15. The summed E-state index contributed by atoms with van der Waals surface area (Å²) in [6, 6.07) is 15.5. The average molecular weight is 509 g/mol. The van der Waals surface area contributed by atoms with Gasteiger partial charge < -0.3 is 9.47 Å². The highest BCUT2D eigenvalue weighted by Crippen LogP contribution is 2.28. The van der Waals surface area contributed by atoms with Crippen LogP contribution in [0.15, 0.2) is 48.5 Å². The molecule has 0 fully saturated rings. The van der Waals surface area contributed by atoms with Gasteiger partial charge in [-0.15, -0.1) is 0 Å². The zero-order valence-corrected chi connectivity index (χ0v) is 24.1. The van der Waals surface area contributed by atoms with E-state index < -0.39 is 0 Å². The number of benzene rings is 2. The molecule has 0 amide bonds. The molecular weight excluding hydrogens is 460 g/mol. The summed E-state index contributed by atoms with van der Waals surface area (Å²) >= 11 is 0. The summed E-state index contributed by atoms with van der Waals surface area (Å²) in [6.45, 7) is 15.0. The van der Waals surface area contributed by atoms with Gasteiger partial charge in [-0.3, -0.25) is 0 Å². The highest BCUT2D eigenvalue weighted by molar-refractivity contribution is 5.90. The third kappa shape index (κ3) is 9.98. The van der Waals surface area contributed by atoms with Crippen LogP contribution < -0.4 is 0 Å². The molecule has 0 aliphatic rings. The van der Waals surface area contributed by atoms with Crippen LogP contribution in [0.25, 0.3) is 0 Å². The van der Waals surface area contributed by atoms with Crippen molar-refractivity contribution >= 4 is 11.9 Å². The molecule has 204 valence electrons. The first-order chi connectivity index (χ1) is 17.7. The highest BCUT2D eigenvalue weighted by atomic mass is 16.6. The molecule has 0 aliphatic carbocycles. The van der Waals surface area contributed by atoms with Gasteiger partial charge >= 0.3 is 11.9 Å². The second-order valence-electron chi connectivity index (χ2n) is 11.1. The van der Waals surface area contributed by atoms with Crippen molar-refractivity contribution in [1.82, 2.24) is 0 Å². The SMILES string of the molecule is CCCC(OC(=O)c1ccc(CC(C)C)cc1)C(CC)C(CCC)OC(=O)c1ccc(CC(C)C)cc1. The molecule has 4 heteroatoms. The molecule has 37 heavy (non-hydrogen) atoms. The first-order valence-corrected chi connectivity index (χ1v) is 14.3.